The van der Waals surface area contributed by atoms with Crippen LogP contribution in [0.5, 0.6) is 5.75 Å². The van der Waals surface area contributed by atoms with E-state index in [1.54, 1.807) is 11.6 Å². The zero-order valence-electron chi connectivity index (χ0n) is 16.8. The average molecular weight is 402 g/mol. The first kappa shape index (κ1) is 18.4. The minimum Gasteiger partial charge on any atom is -0.497 e. The number of fused-ring (bicyclic) bond motifs is 3. The molecule has 152 valence electrons. The van der Waals surface area contributed by atoms with Crippen LogP contribution in [0.25, 0.3) is 27.9 Å². The summed E-state index contributed by atoms with van der Waals surface area (Å²) >= 11 is 0. The molecule has 0 aliphatic carbocycles. The van der Waals surface area contributed by atoms with Crippen LogP contribution in [0.4, 0.5) is 5.95 Å². The molecule has 1 atom stereocenters. The molecule has 2 N–H and O–H groups in total. The minimum absolute atomic E-state index is 0.0201. The van der Waals surface area contributed by atoms with E-state index in [1.807, 2.05) is 43.3 Å². The quantitative estimate of drug-likeness (QED) is 0.545. The third-order valence-corrected chi connectivity index (χ3v) is 5.34. The summed E-state index contributed by atoms with van der Waals surface area (Å²) in [5.74, 6) is 1.79. The highest BCUT2D eigenvalue weighted by Crippen LogP contribution is 2.27. The zero-order chi connectivity index (χ0) is 20.7. The summed E-state index contributed by atoms with van der Waals surface area (Å²) in [6.45, 7) is 2.74. The van der Waals surface area contributed by atoms with Crippen molar-refractivity contribution in [3.05, 3.63) is 48.0 Å². The number of nitrogens with one attached hydrogen (secondary N) is 2. The summed E-state index contributed by atoms with van der Waals surface area (Å²) in [5.41, 5.74) is 3.46. The number of carbonyl (C=O) groups excluding carboxylic acids is 1. The van der Waals surface area contributed by atoms with Gasteiger partial charge in [-0.2, -0.15) is 4.52 Å². The van der Waals surface area contributed by atoms with E-state index in [9.17, 15) is 4.79 Å². The lowest BCUT2D eigenvalue weighted by Gasteiger charge is -2.23. The first-order valence-electron chi connectivity index (χ1n) is 9.98. The Morgan fingerprint density at radius 2 is 2.10 bits per heavy atom. The van der Waals surface area contributed by atoms with Gasteiger partial charge in [0.1, 0.15) is 11.8 Å². The van der Waals surface area contributed by atoms with Crippen molar-refractivity contribution in [1.82, 2.24) is 24.9 Å². The maximum Gasteiger partial charge on any atom is 0.242 e. The predicted octanol–water partition coefficient (Wildman–Crippen LogP) is 2.95. The van der Waals surface area contributed by atoms with Crippen LogP contribution in [0.3, 0.4) is 0 Å². The van der Waals surface area contributed by atoms with Gasteiger partial charge in [-0.15, -0.1) is 5.10 Å². The fraction of sp³-hybridized carbons (Fsp3) is 0.273. The van der Waals surface area contributed by atoms with Gasteiger partial charge in [0.15, 0.2) is 11.5 Å². The van der Waals surface area contributed by atoms with Crippen LogP contribution >= 0.6 is 0 Å². The number of hydrogen-bond donors (Lipinski definition) is 2. The number of carbonyl (C=O) groups is 1. The largest absolute Gasteiger partial charge is 0.497 e. The third kappa shape index (κ3) is 3.20. The molecule has 1 unspecified atom stereocenters. The average Bonchev–Trinajstić information content (AvgIpc) is 3.22. The van der Waals surface area contributed by atoms with Gasteiger partial charge in [0.05, 0.1) is 12.6 Å². The fourth-order valence-corrected chi connectivity index (χ4v) is 3.77. The van der Waals surface area contributed by atoms with Crippen LogP contribution in [0, 0.1) is 6.92 Å². The summed E-state index contributed by atoms with van der Waals surface area (Å²) in [5, 5.41) is 11.8. The highest BCUT2D eigenvalue weighted by molar-refractivity contribution is 5.94. The van der Waals surface area contributed by atoms with Crippen molar-refractivity contribution in [3.63, 3.8) is 0 Å². The molecule has 30 heavy (non-hydrogen) atoms. The molecule has 1 saturated heterocycles. The molecule has 3 heterocycles. The number of piperidine rings is 1. The molecule has 5 rings (SSSR count). The van der Waals surface area contributed by atoms with Gasteiger partial charge in [0.25, 0.3) is 0 Å². The molecule has 0 saturated carbocycles. The van der Waals surface area contributed by atoms with Gasteiger partial charge >= 0.3 is 0 Å². The normalized spacial score (nSPS) is 16.6. The van der Waals surface area contributed by atoms with E-state index in [4.69, 9.17) is 19.8 Å². The van der Waals surface area contributed by atoms with Crippen molar-refractivity contribution in [3.8, 4) is 17.1 Å². The predicted molar refractivity (Wildman–Crippen MR) is 115 cm³/mol. The highest BCUT2D eigenvalue weighted by Gasteiger charge is 2.24. The molecule has 8 heteroatoms. The van der Waals surface area contributed by atoms with Crippen molar-refractivity contribution >= 4 is 28.4 Å². The Hall–Kier alpha value is -3.68. The second kappa shape index (κ2) is 7.29. The number of anilines is 1. The number of ether oxygens (including phenoxy) is 1. The molecule has 1 aliphatic rings. The van der Waals surface area contributed by atoms with E-state index < -0.39 is 0 Å². The number of hydrogen-bond acceptors (Lipinski definition) is 6. The number of nitrogens with zero attached hydrogens (tertiary/aromatic N) is 4. The number of benzene rings is 2. The van der Waals surface area contributed by atoms with E-state index >= 15 is 0 Å². The summed E-state index contributed by atoms with van der Waals surface area (Å²) in [7, 11) is 1.63. The lowest BCUT2D eigenvalue weighted by molar-refractivity contribution is -0.123. The van der Waals surface area contributed by atoms with Crippen LogP contribution in [0.15, 0.2) is 42.5 Å². The maximum absolute atomic E-state index is 12.3. The van der Waals surface area contributed by atoms with Crippen LogP contribution < -0.4 is 15.4 Å². The monoisotopic (exact) mass is 402 g/mol. The Morgan fingerprint density at radius 1 is 1.20 bits per heavy atom. The summed E-state index contributed by atoms with van der Waals surface area (Å²) in [6, 6.07) is 13.3. The van der Waals surface area contributed by atoms with Crippen LogP contribution in [0.1, 0.15) is 18.4 Å². The van der Waals surface area contributed by atoms with Gasteiger partial charge in [0.2, 0.25) is 11.9 Å². The number of methoxy groups -OCH3 is 1. The minimum atomic E-state index is -0.346. The van der Waals surface area contributed by atoms with E-state index in [0.29, 0.717) is 24.0 Å². The standard InChI is InChI=1S/C22H22N6O2/c1-13-8-9-17-16(11-13)20-26-19(14-5-3-6-15(12-14)30-2)27-28(20)22(24-17)25-18-7-4-10-23-21(18)29/h3,5-6,8-9,11-12,18H,4,7,10H2,1-2H3,(H,23,29)(H,24,25). The molecule has 2 aromatic carbocycles. The van der Waals surface area contributed by atoms with Crippen LogP contribution in [0.2, 0.25) is 0 Å². The second-order valence-electron chi connectivity index (χ2n) is 7.49. The molecule has 4 aromatic rings. The molecular weight excluding hydrogens is 380 g/mol. The van der Waals surface area contributed by atoms with Crippen LogP contribution in [-0.4, -0.2) is 45.2 Å². The van der Waals surface area contributed by atoms with Crippen molar-refractivity contribution in [2.24, 2.45) is 0 Å². The smallest absolute Gasteiger partial charge is 0.242 e. The number of rotatable bonds is 4. The van der Waals surface area contributed by atoms with E-state index in [1.165, 1.54) is 0 Å². The molecule has 1 amide bonds. The number of aryl methyl sites for hydroxylation is 1. The van der Waals surface area contributed by atoms with Crippen LogP contribution in [-0.2, 0) is 4.79 Å². The summed E-state index contributed by atoms with van der Waals surface area (Å²) in [6.07, 6.45) is 1.67. The van der Waals surface area contributed by atoms with Crippen molar-refractivity contribution < 1.29 is 9.53 Å². The molecule has 8 nitrogen and oxygen atoms in total. The first-order chi connectivity index (χ1) is 14.6. The van der Waals surface area contributed by atoms with E-state index in [-0.39, 0.29) is 11.9 Å². The zero-order valence-corrected chi connectivity index (χ0v) is 16.8. The first-order valence-corrected chi connectivity index (χ1v) is 9.98. The third-order valence-electron chi connectivity index (χ3n) is 5.34. The summed E-state index contributed by atoms with van der Waals surface area (Å²) in [4.78, 5) is 21.9. The Kier molecular flexibility index (Phi) is 4.46. The Balaban J connectivity index is 1.69. The van der Waals surface area contributed by atoms with Gasteiger partial charge in [-0.3, -0.25) is 4.79 Å². The topological polar surface area (TPSA) is 93.4 Å². The fourth-order valence-electron chi connectivity index (χ4n) is 3.77. The molecule has 0 radical (unpaired) electrons. The Bertz CT molecular complexity index is 1270. The van der Waals surface area contributed by atoms with Gasteiger partial charge in [0, 0.05) is 17.5 Å². The highest BCUT2D eigenvalue weighted by atomic mass is 16.5. The summed E-state index contributed by atoms with van der Waals surface area (Å²) < 4.78 is 7.03. The lowest BCUT2D eigenvalue weighted by atomic mass is 10.1. The van der Waals surface area contributed by atoms with Crippen molar-refractivity contribution in [1.29, 1.82) is 0 Å². The molecule has 0 spiro atoms. The van der Waals surface area contributed by atoms with Gasteiger partial charge in [-0.1, -0.05) is 23.8 Å². The second-order valence-corrected chi connectivity index (χ2v) is 7.49. The van der Waals surface area contributed by atoms with Crippen molar-refractivity contribution in [2.75, 3.05) is 19.0 Å². The lowest BCUT2D eigenvalue weighted by Crippen LogP contribution is -2.44. The molecule has 1 aliphatic heterocycles. The molecule has 1 fully saturated rings. The maximum atomic E-state index is 12.3. The Labute approximate surface area is 173 Å². The molecule has 0 bridgehead atoms. The molecule has 2 aromatic heterocycles. The van der Waals surface area contributed by atoms with Gasteiger partial charge < -0.3 is 15.4 Å². The van der Waals surface area contributed by atoms with Gasteiger partial charge in [-0.25, -0.2) is 9.97 Å². The molecular formula is C22H22N6O2. The Morgan fingerprint density at radius 3 is 2.93 bits per heavy atom. The van der Waals surface area contributed by atoms with Gasteiger partial charge in [-0.05, 0) is 44.0 Å². The number of aromatic nitrogens is 4. The van der Waals surface area contributed by atoms with Crippen molar-refractivity contribution in [2.45, 2.75) is 25.8 Å². The van der Waals surface area contributed by atoms with E-state index in [2.05, 4.69) is 16.7 Å². The van der Waals surface area contributed by atoms with E-state index in [0.717, 1.165) is 40.6 Å². The number of amides is 1. The SMILES string of the molecule is COc1cccc(-c2nc3c4cc(C)ccc4nc(NC4CCCNC4=O)n3n2)c1.